The van der Waals surface area contributed by atoms with E-state index in [2.05, 4.69) is 6.92 Å². The molecule has 0 aromatic carbocycles. The molecule has 1 aliphatic rings. The van der Waals surface area contributed by atoms with E-state index in [1.807, 2.05) is 0 Å². The Bertz CT molecular complexity index is 129. The van der Waals surface area contributed by atoms with Crippen molar-refractivity contribution in [1.29, 1.82) is 0 Å². The van der Waals surface area contributed by atoms with Crippen molar-refractivity contribution in [2.75, 3.05) is 6.16 Å². The van der Waals surface area contributed by atoms with Crippen molar-refractivity contribution in [2.24, 2.45) is 0 Å². The van der Waals surface area contributed by atoms with Gasteiger partial charge in [0.25, 0.3) is 0 Å². The fourth-order valence-electron chi connectivity index (χ4n) is 2.18. The Morgan fingerprint density at radius 3 is 2.00 bits per heavy atom. The summed E-state index contributed by atoms with van der Waals surface area (Å²) in [5, 5.41) is 0. The molecule has 0 spiro atoms. The molecule has 0 radical (unpaired) electrons. The van der Waals surface area contributed by atoms with E-state index in [4.69, 9.17) is 0 Å². The van der Waals surface area contributed by atoms with Crippen LogP contribution in [0, 0.1) is 0 Å². The number of hydrogen-bond acceptors (Lipinski definition) is 0. The second-order valence-electron chi connectivity index (χ2n) is 5.06. The molecule has 0 aromatic rings. The Morgan fingerprint density at radius 2 is 1.47 bits per heavy atom. The maximum Gasteiger partial charge on any atom is -0.0237 e. The van der Waals surface area contributed by atoms with E-state index in [1.54, 1.807) is 19.0 Å². The highest BCUT2D eigenvalue weighted by Crippen LogP contribution is 2.36. The molecule has 0 bridgehead atoms. The zero-order valence-corrected chi connectivity index (χ0v) is 11.6. The van der Waals surface area contributed by atoms with Gasteiger partial charge in [-0.1, -0.05) is 58.3 Å². The standard InChI is InChI=1S/C14H29P/c1-2-3-4-5-6-7-8-9-13-15-14-11-10-12-14/h14-15H,2-13H2,1H3. The molecule has 0 aliphatic heterocycles. The van der Waals surface area contributed by atoms with Crippen LogP contribution in [0.5, 0.6) is 0 Å². The molecule has 0 N–H and O–H groups in total. The van der Waals surface area contributed by atoms with Crippen molar-refractivity contribution in [1.82, 2.24) is 0 Å². The van der Waals surface area contributed by atoms with E-state index in [-0.39, 0.29) is 0 Å². The van der Waals surface area contributed by atoms with Gasteiger partial charge in [-0.25, -0.2) is 0 Å². The fourth-order valence-corrected chi connectivity index (χ4v) is 3.86. The predicted octanol–water partition coefficient (Wildman–Crippen LogP) is 5.36. The molecule has 1 aliphatic carbocycles. The first-order valence-corrected chi connectivity index (χ1v) is 8.45. The van der Waals surface area contributed by atoms with Crippen molar-refractivity contribution in [3.05, 3.63) is 0 Å². The summed E-state index contributed by atoms with van der Waals surface area (Å²) in [5.74, 6) is 0. The minimum atomic E-state index is 1.16. The Hall–Kier alpha value is 0.430. The molecule has 1 heteroatoms. The molecule has 15 heavy (non-hydrogen) atoms. The summed E-state index contributed by atoms with van der Waals surface area (Å²) >= 11 is 0. The van der Waals surface area contributed by atoms with Crippen molar-refractivity contribution in [2.45, 2.75) is 83.2 Å². The summed E-state index contributed by atoms with van der Waals surface area (Å²) in [7, 11) is 1.31. The van der Waals surface area contributed by atoms with Crippen LogP contribution in [0.25, 0.3) is 0 Å². The molecule has 1 rings (SSSR count). The molecule has 0 heterocycles. The zero-order valence-electron chi connectivity index (χ0n) is 10.6. The molecule has 0 nitrogen and oxygen atoms in total. The van der Waals surface area contributed by atoms with Crippen molar-refractivity contribution in [3.8, 4) is 0 Å². The van der Waals surface area contributed by atoms with Crippen molar-refractivity contribution >= 4 is 8.58 Å². The molecule has 1 unspecified atom stereocenters. The Labute approximate surface area is 98.4 Å². The maximum absolute atomic E-state index is 2.29. The summed E-state index contributed by atoms with van der Waals surface area (Å²) < 4.78 is 0. The largest absolute Gasteiger partial charge is 0.119 e. The SMILES string of the molecule is CCCCCCCCCCPC1CCC1. The molecule has 1 atom stereocenters. The van der Waals surface area contributed by atoms with Crippen molar-refractivity contribution in [3.63, 3.8) is 0 Å². The lowest BCUT2D eigenvalue weighted by atomic mass is 10.00. The topological polar surface area (TPSA) is 0 Å². The minimum Gasteiger partial charge on any atom is -0.119 e. The van der Waals surface area contributed by atoms with Crippen LogP contribution in [0.1, 0.15) is 77.6 Å². The Morgan fingerprint density at radius 1 is 0.867 bits per heavy atom. The Balaban J connectivity index is 1.66. The van der Waals surface area contributed by atoms with Gasteiger partial charge in [0, 0.05) is 0 Å². The number of unbranched alkanes of at least 4 members (excludes halogenated alkanes) is 7. The van der Waals surface area contributed by atoms with Gasteiger partial charge in [0.05, 0.1) is 0 Å². The van der Waals surface area contributed by atoms with Crippen LogP contribution in [0.2, 0.25) is 0 Å². The summed E-state index contributed by atoms with van der Waals surface area (Å²) in [6, 6.07) is 0. The first-order valence-electron chi connectivity index (χ1n) is 7.17. The Kier molecular flexibility index (Phi) is 8.67. The van der Waals surface area contributed by atoms with E-state index in [9.17, 15) is 0 Å². The average molecular weight is 228 g/mol. The number of hydrogen-bond donors (Lipinski definition) is 0. The summed E-state index contributed by atoms with van der Waals surface area (Å²) in [4.78, 5) is 0. The van der Waals surface area contributed by atoms with Crippen LogP contribution in [-0.2, 0) is 0 Å². The molecule has 0 amide bonds. The highest BCUT2D eigenvalue weighted by molar-refractivity contribution is 7.38. The molecule has 1 saturated carbocycles. The zero-order chi connectivity index (χ0) is 10.8. The van der Waals surface area contributed by atoms with Gasteiger partial charge in [0.15, 0.2) is 0 Å². The summed E-state index contributed by atoms with van der Waals surface area (Å²) in [5.41, 5.74) is 1.16. The third-order valence-electron chi connectivity index (χ3n) is 3.57. The molecule has 0 aromatic heterocycles. The van der Waals surface area contributed by atoms with Crippen LogP contribution in [0.15, 0.2) is 0 Å². The van der Waals surface area contributed by atoms with Gasteiger partial charge in [-0.2, -0.15) is 0 Å². The lowest BCUT2D eigenvalue weighted by molar-refractivity contribution is 0.517. The van der Waals surface area contributed by atoms with Crippen LogP contribution in [0.3, 0.4) is 0 Å². The van der Waals surface area contributed by atoms with Crippen LogP contribution >= 0.6 is 8.58 Å². The highest BCUT2D eigenvalue weighted by atomic mass is 31.1. The van der Waals surface area contributed by atoms with E-state index in [0.29, 0.717) is 0 Å². The van der Waals surface area contributed by atoms with E-state index >= 15 is 0 Å². The van der Waals surface area contributed by atoms with E-state index in [1.165, 1.54) is 66.4 Å². The van der Waals surface area contributed by atoms with Crippen LogP contribution < -0.4 is 0 Å². The molecular weight excluding hydrogens is 199 g/mol. The quantitative estimate of drug-likeness (QED) is 0.349. The normalized spacial score (nSPS) is 17.4. The van der Waals surface area contributed by atoms with Crippen LogP contribution in [-0.4, -0.2) is 11.8 Å². The predicted molar refractivity (Wildman–Crippen MR) is 73.4 cm³/mol. The van der Waals surface area contributed by atoms with E-state index in [0.717, 1.165) is 5.66 Å². The highest BCUT2D eigenvalue weighted by Gasteiger charge is 2.15. The van der Waals surface area contributed by atoms with Crippen LogP contribution in [0.4, 0.5) is 0 Å². The lowest BCUT2D eigenvalue weighted by Gasteiger charge is -2.25. The first-order chi connectivity index (χ1) is 7.43. The second-order valence-corrected chi connectivity index (χ2v) is 6.78. The second kappa shape index (κ2) is 9.64. The van der Waals surface area contributed by atoms with Gasteiger partial charge >= 0.3 is 0 Å². The molecule has 90 valence electrons. The van der Waals surface area contributed by atoms with E-state index < -0.39 is 0 Å². The maximum atomic E-state index is 2.29. The monoisotopic (exact) mass is 228 g/mol. The third kappa shape index (κ3) is 7.34. The smallest absolute Gasteiger partial charge is 0.0237 e. The van der Waals surface area contributed by atoms with Gasteiger partial charge in [0.1, 0.15) is 0 Å². The van der Waals surface area contributed by atoms with Gasteiger partial charge in [-0.15, -0.1) is 8.58 Å². The molecular formula is C14H29P. The minimum absolute atomic E-state index is 1.16. The lowest BCUT2D eigenvalue weighted by Crippen LogP contribution is -2.11. The third-order valence-corrected chi connectivity index (χ3v) is 5.37. The average Bonchev–Trinajstić information content (AvgIpc) is 2.18. The fraction of sp³-hybridized carbons (Fsp3) is 1.00. The summed E-state index contributed by atoms with van der Waals surface area (Å²) in [6.45, 7) is 2.29. The van der Waals surface area contributed by atoms with Gasteiger partial charge < -0.3 is 0 Å². The van der Waals surface area contributed by atoms with Gasteiger partial charge in [-0.05, 0) is 31.1 Å². The number of rotatable bonds is 10. The first kappa shape index (κ1) is 13.5. The van der Waals surface area contributed by atoms with Crippen molar-refractivity contribution < 1.29 is 0 Å². The molecule has 1 fully saturated rings. The van der Waals surface area contributed by atoms with Gasteiger partial charge in [-0.3, -0.25) is 0 Å². The van der Waals surface area contributed by atoms with Gasteiger partial charge in [0.2, 0.25) is 0 Å². The summed E-state index contributed by atoms with van der Waals surface area (Å²) in [6.07, 6.45) is 18.0. The molecule has 0 saturated heterocycles.